The summed E-state index contributed by atoms with van der Waals surface area (Å²) in [4.78, 5) is 11.9. The summed E-state index contributed by atoms with van der Waals surface area (Å²) in [5.41, 5.74) is 1.84. The van der Waals surface area contributed by atoms with Gasteiger partial charge in [0.1, 0.15) is 5.75 Å². The van der Waals surface area contributed by atoms with Gasteiger partial charge < -0.3 is 15.4 Å². The highest BCUT2D eigenvalue weighted by atomic mass is 35.5. The highest BCUT2D eigenvalue weighted by Gasteiger charge is 2.13. The number of ether oxygens (including phenoxy) is 1. The number of nitrogens with one attached hydrogen (secondary N) is 2. The van der Waals surface area contributed by atoms with Crippen LogP contribution in [0.1, 0.15) is 26.3 Å². The molecule has 2 N–H and O–H groups in total. The topological polar surface area (TPSA) is 50.4 Å². The maximum atomic E-state index is 11.9. The number of halogens is 1. The second-order valence-electron chi connectivity index (χ2n) is 5.09. The first-order valence-electron chi connectivity index (χ1n) is 6.66. The maximum Gasteiger partial charge on any atom is 0.228 e. The number of carbonyl (C=O) groups excluding carboxylic acids is 1. The molecule has 0 heterocycles. The average molecular weight is 301 g/mol. The van der Waals surface area contributed by atoms with E-state index in [1.165, 1.54) is 0 Å². The Bertz CT molecular complexity index is 436. The van der Waals surface area contributed by atoms with Crippen LogP contribution in [0.2, 0.25) is 0 Å². The average Bonchev–Trinajstić information content (AvgIpc) is 2.32. The lowest BCUT2D eigenvalue weighted by Gasteiger charge is -2.15. The zero-order chi connectivity index (χ0) is 14.4. The number of amides is 1. The monoisotopic (exact) mass is 300 g/mol. The van der Waals surface area contributed by atoms with Crippen LogP contribution in [0.15, 0.2) is 18.2 Å². The number of hydrogen-bond acceptors (Lipinski definition) is 3. The standard InChI is InChI=1S/C15H24N2O2.ClH/c1-10(2)19-13-6-7-14(11(3)8-13)17-15(18)12(4)9-16-5;/h6-8,10,12,16H,9H2,1-5H3,(H,17,18);1H. The summed E-state index contributed by atoms with van der Waals surface area (Å²) in [5, 5.41) is 5.94. The molecule has 1 atom stereocenters. The largest absolute Gasteiger partial charge is 0.491 e. The van der Waals surface area contributed by atoms with E-state index in [2.05, 4.69) is 10.6 Å². The Labute approximate surface area is 127 Å². The number of hydrogen-bond donors (Lipinski definition) is 2. The van der Waals surface area contributed by atoms with Crippen molar-refractivity contribution in [3.8, 4) is 5.75 Å². The van der Waals surface area contributed by atoms with Crippen molar-refractivity contribution in [2.75, 3.05) is 18.9 Å². The molecule has 0 aromatic heterocycles. The molecule has 0 aliphatic heterocycles. The summed E-state index contributed by atoms with van der Waals surface area (Å²) >= 11 is 0. The maximum absolute atomic E-state index is 11.9. The second-order valence-corrected chi connectivity index (χ2v) is 5.09. The molecule has 0 aliphatic carbocycles. The highest BCUT2D eigenvalue weighted by molar-refractivity contribution is 5.93. The lowest BCUT2D eigenvalue weighted by atomic mass is 10.1. The van der Waals surface area contributed by atoms with E-state index in [1.807, 2.05) is 52.9 Å². The summed E-state index contributed by atoms with van der Waals surface area (Å²) < 4.78 is 5.62. The minimum absolute atomic E-state index is 0. The Morgan fingerprint density at radius 3 is 2.45 bits per heavy atom. The van der Waals surface area contributed by atoms with Crippen LogP contribution in [0.25, 0.3) is 0 Å². The number of aryl methyl sites for hydroxylation is 1. The molecule has 0 radical (unpaired) electrons. The van der Waals surface area contributed by atoms with Gasteiger partial charge in [-0.3, -0.25) is 4.79 Å². The van der Waals surface area contributed by atoms with Gasteiger partial charge in [0.05, 0.1) is 6.10 Å². The minimum atomic E-state index is -0.0593. The second kappa shape index (κ2) is 8.82. The van der Waals surface area contributed by atoms with Gasteiger partial charge >= 0.3 is 0 Å². The van der Waals surface area contributed by atoms with Gasteiger partial charge in [-0.05, 0) is 51.6 Å². The Balaban J connectivity index is 0.00000361. The summed E-state index contributed by atoms with van der Waals surface area (Å²) in [6, 6.07) is 5.71. The summed E-state index contributed by atoms with van der Waals surface area (Å²) in [7, 11) is 1.84. The lowest BCUT2D eigenvalue weighted by molar-refractivity contribution is -0.119. The summed E-state index contributed by atoms with van der Waals surface area (Å²) in [6.07, 6.45) is 0.149. The predicted octanol–water partition coefficient (Wildman–Crippen LogP) is 3.00. The molecular formula is C15H25ClN2O2. The molecule has 4 nitrogen and oxygen atoms in total. The zero-order valence-corrected chi connectivity index (χ0v) is 13.6. The number of carbonyl (C=O) groups is 1. The van der Waals surface area contributed by atoms with Crippen molar-refractivity contribution in [3.05, 3.63) is 23.8 Å². The lowest BCUT2D eigenvalue weighted by Crippen LogP contribution is -2.28. The van der Waals surface area contributed by atoms with Gasteiger partial charge in [0.2, 0.25) is 5.91 Å². The third-order valence-electron chi connectivity index (χ3n) is 2.79. The number of anilines is 1. The van der Waals surface area contributed by atoms with Crippen LogP contribution >= 0.6 is 12.4 Å². The van der Waals surface area contributed by atoms with E-state index < -0.39 is 0 Å². The van der Waals surface area contributed by atoms with E-state index in [4.69, 9.17) is 4.74 Å². The van der Waals surface area contributed by atoms with Crippen LogP contribution in [-0.4, -0.2) is 25.6 Å². The van der Waals surface area contributed by atoms with Gasteiger partial charge in [-0.25, -0.2) is 0 Å². The van der Waals surface area contributed by atoms with Gasteiger partial charge in [0.15, 0.2) is 0 Å². The Morgan fingerprint density at radius 1 is 1.30 bits per heavy atom. The molecule has 0 saturated heterocycles. The van der Waals surface area contributed by atoms with E-state index >= 15 is 0 Å². The predicted molar refractivity (Wildman–Crippen MR) is 85.9 cm³/mol. The molecule has 114 valence electrons. The molecule has 0 spiro atoms. The minimum Gasteiger partial charge on any atom is -0.491 e. The van der Waals surface area contributed by atoms with Crippen LogP contribution in [0.3, 0.4) is 0 Å². The van der Waals surface area contributed by atoms with Crippen molar-refractivity contribution in [1.82, 2.24) is 5.32 Å². The molecule has 0 fully saturated rings. The van der Waals surface area contributed by atoms with Gasteiger partial charge in [-0.15, -0.1) is 12.4 Å². The molecular weight excluding hydrogens is 276 g/mol. The third-order valence-corrected chi connectivity index (χ3v) is 2.79. The van der Waals surface area contributed by atoms with Gasteiger partial charge in [0, 0.05) is 18.2 Å². The Kier molecular flexibility index (Phi) is 8.26. The molecule has 1 unspecified atom stereocenters. The molecule has 1 amide bonds. The molecule has 0 saturated carbocycles. The van der Waals surface area contributed by atoms with E-state index in [-0.39, 0.29) is 30.3 Å². The molecule has 5 heteroatoms. The summed E-state index contributed by atoms with van der Waals surface area (Å²) in [5.74, 6) is 0.791. The summed E-state index contributed by atoms with van der Waals surface area (Å²) in [6.45, 7) is 8.51. The van der Waals surface area contributed by atoms with Crippen LogP contribution in [-0.2, 0) is 4.79 Å². The first-order chi connectivity index (χ1) is 8.93. The van der Waals surface area contributed by atoms with E-state index in [9.17, 15) is 4.79 Å². The zero-order valence-electron chi connectivity index (χ0n) is 12.8. The third kappa shape index (κ3) is 5.80. The van der Waals surface area contributed by atoms with E-state index in [1.54, 1.807) is 0 Å². The Morgan fingerprint density at radius 2 is 1.95 bits per heavy atom. The van der Waals surface area contributed by atoms with Gasteiger partial charge in [-0.1, -0.05) is 6.92 Å². The molecule has 0 aliphatic rings. The fraction of sp³-hybridized carbons (Fsp3) is 0.533. The number of benzene rings is 1. The van der Waals surface area contributed by atoms with Crippen molar-refractivity contribution in [2.45, 2.75) is 33.8 Å². The van der Waals surface area contributed by atoms with Crippen molar-refractivity contribution >= 4 is 24.0 Å². The van der Waals surface area contributed by atoms with Crippen LogP contribution in [0, 0.1) is 12.8 Å². The molecule has 20 heavy (non-hydrogen) atoms. The van der Waals surface area contributed by atoms with Crippen molar-refractivity contribution < 1.29 is 9.53 Å². The molecule has 1 aromatic carbocycles. The van der Waals surface area contributed by atoms with Crippen LogP contribution in [0.4, 0.5) is 5.69 Å². The van der Waals surface area contributed by atoms with Crippen LogP contribution in [0.5, 0.6) is 5.75 Å². The molecule has 1 aromatic rings. The van der Waals surface area contributed by atoms with E-state index in [0.717, 1.165) is 17.0 Å². The number of rotatable bonds is 6. The fourth-order valence-corrected chi connectivity index (χ4v) is 1.78. The van der Waals surface area contributed by atoms with Crippen molar-refractivity contribution in [1.29, 1.82) is 0 Å². The van der Waals surface area contributed by atoms with Gasteiger partial charge in [-0.2, -0.15) is 0 Å². The molecule has 0 bridgehead atoms. The molecule has 1 rings (SSSR count). The normalized spacial score (nSPS) is 11.7. The first-order valence-corrected chi connectivity index (χ1v) is 6.66. The fourth-order valence-electron chi connectivity index (χ4n) is 1.78. The Hall–Kier alpha value is -1.26. The van der Waals surface area contributed by atoms with Gasteiger partial charge in [0.25, 0.3) is 0 Å². The smallest absolute Gasteiger partial charge is 0.228 e. The van der Waals surface area contributed by atoms with E-state index in [0.29, 0.717) is 6.54 Å². The van der Waals surface area contributed by atoms with Crippen LogP contribution < -0.4 is 15.4 Å². The SMILES string of the molecule is CNCC(C)C(=O)Nc1ccc(OC(C)C)cc1C.Cl. The van der Waals surface area contributed by atoms with Crippen molar-refractivity contribution in [3.63, 3.8) is 0 Å². The first kappa shape index (κ1) is 18.7. The highest BCUT2D eigenvalue weighted by Crippen LogP contribution is 2.22. The van der Waals surface area contributed by atoms with Crippen molar-refractivity contribution in [2.24, 2.45) is 5.92 Å². The quantitative estimate of drug-likeness (QED) is 0.849.